The first kappa shape index (κ1) is 18.7. The molecule has 0 atom stereocenters. The van der Waals surface area contributed by atoms with Crippen molar-refractivity contribution in [1.29, 1.82) is 0 Å². The number of amides is 1. The first-order valence-electron chi connectivity index (χ1n) is 9.12. The summed E-state index contributed by atoms with van der Waals surface area (Å²) in [5, 5.41) is 6.03. The van der Waals surface area contributed by atoms with E-state index in [1.807, 2.05) is 36.4 Å². The van der Waals surface area contributed by atoms with E-state index in [4.69, 9.17) is 18.6 Å². The Bertz CT molecular complexity index is 1170. The molecular formula is C23H21NO5. The highest BCUT2D eigenvalue weighted by Gasteiger charge is 2.16. The Morgan fingerprint density at radius 2 is 1.69 bits per heavy atom. The molecule has 0 unspecified atom stereocenters. The van der Waals surface area contributed by atoms with E-state index in [2.05, 4.69) is 5.32 Å². The SMILES string of the molecule is COc1cc(NC(=O)Cc2coc3ccc4ccccc4c23)cc(OC)c1OC. The molecule has 29 heavy (non-hydrogen) atoms. The average Bonchev–Trinajstić information content (AvgIpc) is 3.16. The fourth-order valence-corrected chi connectivity index (χ4v) is 3.54. The van der Waals surface area contributed by atoms with Gasteiger partial charge in [-0.1, -0.05) is 30.3 Å². The van der Waals surface area contributed by atoms with Crippen molar-refractivity contribution in [2.45, 2.75) is 6.42 Å². The van der Waals surface area contributed by atoms with Crippen molar-refractivity contribution in [3.05, 3.63) is 60.4 Å². The van der Waals surface area contributed by atoms with Crippen LogP contribution in [0.15, 0.2) is 59.2 Å². The Hall–Kier alpha value is -3.67. The zero-order valence-electron chi connectivity index (χ0n) is 16.4. The van der Waals surface area contributed by atoms with Gasteiger partial charge in [0.15, 0.2) is 11.5 Å². The highest BCUT2D eigenvalue weighted by Crippen LogP contribution is 2.40. The van der Waals surface area contributed by atoms with E-state index in [0.717, 1.165) is 27.3 Å². The smallest absolute Gasteiger partial charge is 0.228 e. The lowest BCUT2D eigenvalue weighted by atomic mass is 10.0. The number of hydrogen-bond acceptors (Lipinski definition) is 5. The number of fused-ring (bicyclic) bond motifs is 3. The quantitative estimate of drug-likeness (QED) is 0.512. The van der Waals surface area contributed by atoms with Crippen molar-refractivity contribution in [3.8, 4) is 17.2 Å². The van der Waals surface area contributed by atoms with Crippen LogP contribution in [0.3, 0.4) is 0 Å². The van der Waals surface area contributed by atoms with E-state index >= 15 is 0 Å². The molecule has 0 bridgehead atoms. The van der Waals surface area contributed by atoms with Crippen molar-refractivity contribution < 1.29 is 23.4 Å². The third kappa shape index (κ3) is 3.45. The third-order valence-corrected chi connectivity index (χ3v) is 4.84. The third-order valence-electron chi connectivity index (χ3n) is 4.84. The van der Waals surface area contributed by atoms with Gasteiger partial charge in [0.05, 0.1) is 34.0 Å². The van der Waals surface area contributed by atoms with Gasteiger partial charge in [-0.15, -0.1) is 0 Å². The van der Waals surface area contributed by atoms with Crippen LogP contribution in [0, 0.1) is 0 Å². The van der Waals surface area contributed by atoms with Gasteiger partial charge >= 0.3 is 0 Å². The van der Waals surface area contributed by atoms with Crippen LogP contribution in [0.5, 0.6) is 17.2 Å². The van der Waals surface area contributed by atoms with Gasteiger partial charge in [0.25, 0.3) is 0 Å². The van der Waals surface area contributed by atoms with Gasteiger partial charge in [0, 0.05) is 28.8 Å². The second kappa shape index (κ2) is 7.75. The van der Waals surface area contributed by atoms with Gasteiger partial charge in [-0.05, 0) is 16.8 Å². The van der Waals surface area contributed by atoms with Crippen LogP contribution in [0.4, 0.5) is 5.69 Å². The maximum atomic E-state index is 12.7. The molecule has 0 aliphatic carbocycles. The zero-order chi connectivity index (χ0) is 20.4. The Labute approximate surface area is 168 Å². The molecule has 0 saturated carbocycles. The first-order chi connectivity index (χ1) is 14.1. The van der Waals surface area contributed by atoms with Crippen molar-refractivity contribution in [2.24, 2.45) is 0 Å². The zero-order valence-corrected chi connectivity index (χ0v) is 16.4. The number of methoxy groups -OCH3 is 3. The first-order valence-corrected chi connectivity index (χ1v) is 9.12. The number of hydrogen-bond donors (Lipinski definition) is 1. The van der Waals surface area contributed by atoms with E-state index < -0.39 is 0 Å². The summed E-state index contributed by atoms with van der Waals surface area (Å²) >= 11 is 0. The van der Waals surface area contributed by atoms with E-state index in [1.165, 1.54) is 21.3 Å². The number of benzene rings is 3. The molecule has 3 aromatic carbocycles. The standard InChI is InChI=1S/C23H21NO5/c1-26-19-11-16(12-20(27-2)23(19)28-3)24-21(25)10-15-13-29-18-9-8-14-6-4-5-7-17(14)22(15)18/h4-9,11-13H,10H2,1-3H3,(H,24,25). The van der Waals surface area contributed by atoms with Gasteiger partial charge in [-0.3, -0.25) is 4.79 Å². The molecule has 6 nitrogen and oxygen atoms in total. The van der Waals surface area contributed by atoms with Crippen LogP contribution in [-0.2, 0) is 11.2 Å². The second-order valence-corrected chi connectivity index (χ2v) is 6.56. The minimum absolute atomic E-state index is 0.171. The number of anilines is 1. The average molecular weight is 391 g/mol. The highest BCUT2D eigenvalue weighted by molar-refractivity contribution is 6.09. The van der Waals surface area contributed by atoms with Gasteiger partial charge < -0.3 is 23.9 Å². The molecule has 148 valence electrons. The molecule has 0 fully saturated rings. The summed E-state index contributed by atoms with van der Waals surface area (Å²) in [7, 11) is 4.60. The number of carbonyl (C=O) groups is 1. The van der Waals surface area contributed by atoms with E-state index in [9.17, 15) is 4.79 Å². The molecule has 0 radical (unpaired) electrons. The molecule has 0 aliphatic heterocycles. The number of carbonyl (C=O) groups excluding carboxylic acids is 1. The van der Waals surface area contributed by atoms with Crippen molar-refractivity contribution in [2.75, 3.05) is 26.6 Å². The maximum Gasteiger partial charge on any atom is 0.228 e. The van der Waals surface area contributed by atoms with E-state index in [0.29, 0.717) is 22.9 Å². The Morgan fingerprint density at radius 3 is 2.38 bits per heavy atom. The van der Waals surface area contributed by atoms with Crippen molar-refractivity contribution in [1.82, 2.24) is 0 Å². The molecule has 0 spiro atoms. The molecular weight excluding hydrogens is 370 g/mol. The minimum atomic E-state index is -0.171. The summed E-state index contributed by atoms with van der Waals surface area (Å²) in [4.78, 5) is 12.7. The van der Waals surface area contributed by atoms with Gasteiger partial charge in [0.1, 0.15) is 5.58 Å². The number of rotatable bonds is 6. The number of nitrogens with one attached hydrogen (secondary N) is 1. The molecule has 1 amide bonds. The number of ether oxygens (including phenoxy) is 3. The molecule has 6 heteroatoms. The second-order valence-electron chi connectivity index (χ2n) is 6.56. The number of furan rings is 1. The van der Waals surface area contributed by atoms with Crippen molar-refractivity contribution >= 4 is 33.3 Å². The summed E-state index contributed by atoms with van der Waals surface area (Å²) < 4.78 is 21.7. The van der Waals surface area contributed by atoms with E-state index in [1.54, 1.807) is 18.4 Å². The molecule has 4 aromatic rings. The van der Waals surface area contributed by atoms with Crippen LogP contribution >= 0.6 is 0 Å². The van der Waals surface area contributed by atoms with Crippen LogP contribution in [0.1, 0.15) is 5.56 Å². The largest absolute Gasteiger partial charge is 0.493 e. The molecule has 1 heterocycles. The predicted molar refractivity (Wildman–Crippen MR) is 112 cm³/mol. The molecule has 0 aliphatic rings. The van der Waals surface area contributed by atoms with E-state index in [-0.39, 0.29) is 12.3 Å². The Kier molecular flexibility index (Phi) is 4.99. The van der Waals surface area contributed by atoms with Crippen molar-refractivity contribution in [3.63, 3.8) is 0 Å². The van der Waals surface area contributed by atoms with Crippen LogP contribution < -0.4 is 19.5 Å². The summed E-state index contributed by atoms with van der Waals surface area (Å²) in [6, 6.07) is 15.4. The predicted octanol–water partition coefficient (Wildman–Crippen LogP) is 4.79. The topological polar surface area (TPSA) is 69.9 Å². The van der Waals surface area contributed by atoms with Crippen LogP contribution in [0.25, 0.3) is 21.7 Å². The van der Waals surface area contributed by atoms with Gasteiger partial charge in [0.2, 0.25) is 11.7 Å². The monoisotopic (exact) mass is 391 g/mol. The molecule has 1 aromatic heterocycles. The van der Waals surface area contributed by atoms with Gasteiger partial charge in [-0.25, -0.2) is 0 Å². The summed E-state index contributed by atoms with van der Waals surface area (Å²) in [5.41, 5.74) is 2.16. The fourth-order valence-electron chi connectivity index (χ4n) is 3.54. The molecule has 4 rings (SSSR count). The van der Waals surface area contributed by atoms with Crippen LogP contribution in [0.2, 0.25) is 0 Å². The van der Waals surface area contributed by atoms with Gasteiger partial charge in [-0.2, -0.15) is 0 Å². The maximum absolute atomic E-state index is 12.7. The lowest BCUT2D eigenvalue weighted by molar-refractivity contribution is -0.115. The highest BCUT2D eigenvalue weighted by atomic mass is 16.5. The lowest BCUT2D eigenvalue weighted by Gasteiger charge is -2.14. The van der Waals surface area contributed by atoms with Crippen LogP contribution in [-0.4, -0.2) is 27.2 Å². The summed E-state index contributed by atoms with van der Waals surface area (Å²) in [6.07, 6.45) is 1.82. The normalized spacial score (nSPS) is 10.9. The molecule has 1 N–H and O–H groups in total. The summed E-state index contributed by atoms with van der Waals surface area (Å²) in [6.45, 7) is 0. The summed E-state index contributed by atoms with van der Waals surface area (Å²) in [5.74, 6) is 1.25. The molecule has 0 saturated heterocycles. The fraction of sp³-hybridized carbons (Fsp3) is 0.174. The Balaban J connectivity index is 1.63. The minimum Gasteiger partial charge on any atom is -0.493 e. The Morgan fingerprint density at radius 1 is 0.966 bits per heavy atom. The lowest BCUT2D eigenvalue weighted by Crippen LogP contribution is -2.14.